The summed E-state index contributed by atoms with van der Waals surface area (Å²) in [7, 11) is 0. The second-order valence-corrected chi connectivity index (χ2v) is 19.9. The minimum Gasteiger partial charge on any atom is -0.462 e. The highest BCUT2D eigenvalue weighted by Crippen LogP contribution is 2.17. The van der Waals surface area contributed by atoms with Gasteiger partial charge >= 0.3 is 17.9 Å². The van der Waals surface area contributed by atoms with Gasteiger partial charge in [-0.25, -0.2) is 0 Å². The highest BCUT2D eigenvalue weighted by atomic mass is 16.6. The first-order valence-corrected chi connectivity index (χ1v) is 29.8. The van der Waals surface area contributed by atoms with E-state index in [1.54, 1.807) is 0 Å². The van der Waals surface area contributed by atoms with E-state index < -0.39 is 6.10 Å². The number of rotatable bonds is 54. The van der Waals surface area contributed by atoms with Crippen molar-refractivity contribution in [2.24, 2.45) is 0 Å². The molecule has 0 heterocycles. The summed E-state index contributed by atoms with van der Waals surface area (Å²) in [6, 6.07) is 0. The SMILES string of the molecule is CC/C=C\C/C=C\C/C=C\C/C=C\C/C=C\CCCC(=O)OC(COC(=O)CCCCCCCCCCCCCCCCCCC)COC(=O)CCCCCCCCCCCCCCCCCCC. The van der Waals surface area contributed by atoms with Crippen LogP contribution >= 0.6 is 0 Å². The molecule has 0 aromatic rings. The molecule has 0 aliphatic rings. The first-order valence-electron chi connectivity index (χ1n) is 29.8. The lowest BCUT2D eigenvalue weighted by molar-refractivity contribution is -0.167. The first kappa shape index (κ1) is 66.1. The van der Waals surface area contributed by atoms with Crippen molar-refractivity contribution in [1.82, 2.24) is 0 Å². The number of unbranched alkanes of at least 4 members (excludes halogenated alkanes) is 33. The van der Waals surface area contributed by atoms with Gasteiger partial charge in [-0.15, -0.1) is 0 Å². The third-order valence-electron chi connectivity index (χ3n) is 13.0. The average molecular weight is 966 g/mol. The topological polar surface area (TPSA) is 78.9 Å². The Bertz CT molecular complexity index is 1190. The van der Waals surface area contributed by atoms with Gasteiger partial charge in [-0.2, -0.15) is 0 Å². The van der Waals surface area contributed by atoms with Gasteiger partial charge in [0.05, 0.1) is 0 Å². The number of esters is 3. The smallest absolute Gasteiger partial charge is 0.306 e. The van der Waals surface area contributed by atoms with E-state index in [4.69, 9.17) is 14.2 Å². The van der Waals surface area contributed by atoms with Crippen LogP contribution in [0.25, 0.3) is 0 Å². The Balaban J connectivity index is 4.42. The summed E-state index contributed by atoms with van der Waals surface area (Å²) >= 11 is 0. The lowest BCUT2D eigenvalue weighted by atomic mass is 10.0. The van der Waals surface area contributed by atoms with Crippen molar-refractivity contribution < 1.29 is 28.6 Å². The van der Waals surface area contributed by atoms with Crippen LogP contribution < -0.4 is 0 Å². The molecule has 0 atom stereocenters. The first-order chi connectivity index (χ1) is 34.0. The maximum atomic E-state index is 12.8. The average Bonchev–Trinajstić information content (AvgIpc) is 3.35. The molecule has 0 aliphatic carbocycles. The summed E-state index contributed by atoms with van der Waals surface area (Å²) in [5.74, 6) is -0.934. The van der Waals surface area contributed by atoms with E-state index in [2.05, 4.69) is 81.5 Å². The largest absolute Gasteiger partial charge is 0.462 e. The van der Waals surface area contributed by atoms with E-state index in [1.807, 2.05) is 0 Å². The van der Waals surface area contributed by atoms with E-state index in [0.717, 1.165) is 77.0 Å². The molecular formula is C63H112O6. The summed E-state index contributed by atoms with van der Waals surface area (Å²) in [4.78, 5) is 38.2. The molecule has 0 saturated heterocycles. The zero-order valence-electron chi connectivity index (χ0n) is 45.8. The Hall–Kier alpha value is -2.89. The Morgan fingerprint density at radius 3 is 0.870 bits per heavy atom. The molecule has 0 unspecified atom stereocenters. The van der Waals surface area contributed by atoms with Gasteiger partial charge in [-0.05, 0) is 57.8 Å². The molecule has 69 heavy (non-hydrogen) atoms. The Kier molecular flexibility index (Phi) is 55.3. The fourth-order valence-corrected chi connectivity index (χ4v) is 8.60. The molecule has 400 valence electrons. The molecule has 0 aromatic heterocycles. The van der Waals surface area contributed by atoms with Crippen LogP contribution in [0, 0.1) is 0 Å². The second-order valence-electron chi connectivity index (χ2n) is 19.9. The molecule has 0 saturated carbocycles. The van der Waals surface area contributed by atoms with Gasteiger partial charge in [0.1, 0.15) is 13.2 Å². The summed E-state index contributed by atoms with van der Waals surface area (Å²) in [6.45, 7) is 6.52. The maximum Gasteiger partial charge on any atom is 0.306 e. The zero-order valence-corrected chi connectivity index (χ0v) is 45.8. The highest BCUT2D eigenvalue weighted by molar-refractivity contribution is 5.71. The van der Waals surface area contributed by atoms with Crippen molar-refractivity contribution in [3.05, 3.63) is 60.8 Å². The van der Waals surface area contributed by atoms with Gasteiger partial charge < -0.3 is 14.2 Å². The van der Waals surface area contributed by atoms with Gasteiger partial charge in [-0.3, -0.25) is 14.4 Å². The number of ether oxygens (including phenoxy) is 3. The van der Waals surface area contributed by atoms with Crippen LogP contribution in [-0.2, 0) is 28.6 Å². The van der Waals surface area contributed by atoms with Crippen LogP contribution in [0.4, 0.5) is 0 Å². The van der Waals surface area contributed by atoms with Crippen LogP contribution in [-0.4, -0.2) is 37.2 Å². The summed E-state index contributed by atoms with van der Waals surface area (Å²) in [5, 5.41) is 0. The van der Waals surface area contributed by atoms with Crippen molar-refractivity contribution in [3.8, 4) is 0 Å². The number of hydrogen-bond acceptors (Lipinski definition) is 6. The van der Waals surface area contributed by atoms with Gasteiger partial charge in [-0.1, -0.05) is 287 Å². The number of carbonyl (C=O) groups excluding carboxylic acids is 3. The fraction of sp³-hybridized carbons (Fsp3) is 0.794. The van der Waals surface area contributed by atoms with Crippen molar-refractivity contribution in [2.75, 3.05) is 13.2 Å². The normalized spacial score (nSPS) is 12.1. The molecule has 0 rings (SSSR count). The van der Waals surface area contributed by atoms with Crippen molar-refractivity contribution in [2.45, 2.75) is 309 Å². The molecular weight excluding hydrogens is 853 g/mol. The molecule has 0 N–H and O–H groups in total. The van der Waals surface area contributed by atoms with Gasteiger partial charge in [0, 0.05) is 19.3 Å². The molecule has 0 radical (unpaired) electrons. The van der Waals surface area contributed by atoms with Gasteiger partial charge in [0.25, 0.3) is 0 Å². The number of hydrogen-bond donors (Lipinski definition) is 0. The minimum atomic E-state index is -0.801. The van der Waals surface area contributed by atoms with Crippen molar-refractivity contribution >= 4 is 17.9 Å². The van der Waals surface area contributed by atoms with Gasteiger partial charge in [0.2, 0.25) is 0 Å². The van der Waals surface area contributed by atoms with Crippen molar-refractivity contribution in [1.29, 1.82) is 0 Å². The summed E-state index contributed by atoms with van der Waals surface area (Å²) in [5.41, 5.74) is 0. The standard InChI is InChI=1S/C63H112O6/c1-4-7-10-13-16-19-22-25-28-31-34-37-40-43-46-49-52-55-61(64)67-58-60(69-63(66)57-54-51-48-45-42-39-36-33-30-27-24-21-18-15-12-9-6-3)59-68-62(65)56-53-50-47-44-41-38-35-32-29-26-23-20-17-14-11-8-5-2/h9,12,18,21,27,30,36,39,45,48,60H,4-8,10-11,13-17,19-20,22-26,28-29,31-35,37-38,40-44,46-47,49-59H2,1-3H3/b12-9-,21-18-,30-27-,39-36-,48-45-. The van der Waals surface area contributed by atoms with Crippen LogP contribution in [0.15, 0.2) is 60.8 Å². The quantitative estimate of drug-likeness (QED) is 0.0262. The lowest BCUT2D eigenvalue weighted by Gasteiger charge is -2.18. The predicted molar refractivity (Wildman–Crippen MR) is 298 cm³/mol. The molecule has 6 heteroatoms. The fourth-order valence-electron chi connectivity index (χ4n) is 8.60. The second kappa shape index (κ2) is 57.7. The number of carbonyl (C=O) groups is 3. The van der Waals surface area contributed by atoms with E-state index in [0.29, 0.717) is 19.3 Å². The minimum absolute atomic E-state index is 0.0926. The van der Waals surface area contributed by atoms with Crippen LogP contribution in [0.2, 0.25) is 0 Å². The van der Waals surface area contributed by atoms with E-state index in [1.165, 1.54) is 180 Å². The molecule has 6 nitrogen and oxygen atoms in total. The molecule has 0 spiro atoms. The van der Waals surface area contributed by atoms with E-state index in [-0.39, 0.29) is 37.5 Å². The van der Waals surface area contributed by atoms with E-state index >= 15 is 0 Å². The third kappa shape index (κ3) is 55.9. The molecule has 0 aromatic carbocycles. The maximum absolute atomic E-state index is 12.8. The summed E-state index contributed by atoms with van der Waals surface area (Å²) in [6.07, 6.45) is 72.2. The Morgan fingerprint density at radius 1 is 0.304 bits per heavy atom. The van der Waals surface area contributed by atoms with Crippen LogP contribution in [0.3, 0.4) is 0 Å². The predicted octanol–water partition coefficient (Wildman–Crippen LogP) is 20.0. The number of allylic oxidation sites excluding steroid dienone is 10. The Morgan fingerprint density at radius 2 is 0.565 bits per heavy atom. The van der Waals surface area contributed by atoms with Crippen LogP contribution in [0.1, 0.15) is 303 Å². The van der Waals surface area contributed by atoms with Gasteiger partial charge in [0.15, 0.2) is 6.10 Å². The molecule has 0 aliphatic heterocycles. The Labute approximate surface area is 428 Å². The van der Waals surface area contributed by atoms with Crippen LogP contribution in [0.5, 0.6) is 0 Å². The molecule has 0 fully saturated rings. The summed E-state index contributed by atoms with van der Waals surface area (Å²) < 4.78 is 16.9. The van der Waals surface area contributed by atoms with Crippen molar-refractivity contribution in [3.63, 3.8) is 0 Å². The molecule has 0 amide bonds. The lowest BCUT2D eigenvalue weighted by Crippen LogP contribution is -2.30. The monoisotopic (exact) mass is 965 g/mol. The van der Waals surface area contributed by atoms with E-state index in [9.17, 15) is 14.4 Å². The highest BCUT2D eigenvalue weighted by Gasteiger charge is 2.19. The molecule has 0 bridgehead atoms. The zero-order chi connectivity index (χ0) is 50.0. The third-order valence-corrected chi connectivity index (χ3v) is 13.0.